The molecule has 13 heavy (non-hydrogen) atoms. The molecular formula is C8H9Cl2NO2. The van der Waals surface area contributed by atoms with Gasteiger partial charge in [0.2, 0.25) is 0 Å². The second-order valence-corrected chi connectivity index (χ2v) is 3.13. The minimum atomic E-state index is -0.506. The molecule has 1 aromatic rings. The Bertz CT molecular complexity index is 289. The summed E-state index contributed by atoms with van der Waals surface area (Å²) in [5.41, 5.74) is 0.673. The number of ether oxygens (including phenoxy) is 2. The number of halogens is 2. The molecule has 0 saturated heterocycles. The topological polar surface area (TPSA) is 31.4 Å². The van der Waals surface area contributed by atoms with E-state index in [-0.39, 0.29) is 0 Å². The molecule has 1 heterocycles. The molecule has 0 fully saturated rings. The van der Waals surface area contributed by atoms with E-state index in [1.807, 2.05) is 0 Å². The Hall–Kier alpha value is -0.350. The van der Waals surface area contributed by atoms with Crippen molar-refractivity contribution >= 4 is 23.2 Å². The van der Waals surface area contributed by atoms with Gasteiger partial charge < -0.3 is 9.47 Å². The van der Waals surface area contributed by atoms with Gasteiger partial charge in [-0.05, 0) is 6.07 Å². The molecular weight excluding hydrogens is 213 g/mol. The zero-order valence-electron chi connectivity index (χ0n) is 7.25. The number of aromatic nitrogens is 1. The predicted molar refractivity (Wildman–Crippen MR) is 51.0 cm³/mol. The first-order valence-electron chi connectivity index (χ1n) is 3.55. The van der Waals surface area contributed by atoms with Gasteiger partial charge in [0, 0.05) is 26.0 Å². The van der Waals surface area contributed by atoms with E-state index in [1.165, 1.54) is 20.4 Å². The van der Waals surface area contributed by atoms with Crippen molar-refractivity contribution in [2.24, 2.45) is 0 Å². The molecule has 0 radical (unpaired) electrons. The first-order chi connectivity index (χ1) is 6.19. The fourth-order valence-corrected chi connectivity index (χ4v) is 1.32. The summed E-state index contributed by atoms with van der Waals surface area (Å²) in [5.74, 6) is 0. The molecule has 0 spiro atoms. The van der Waals surface area contributed by atoms with E-state index in [4.69, 9.17) is 32.7 Å². The highest BCUT2D eigenvalue weighted by Crippen LogP contribution is 2.26. The molecule has 3 nitrogen and oxygen atoms in total. The fraction of sp³-hybridized carbons (Fsp3) is 0.375. The summed E-state index contributed by atoms with van der Waals surface area (Å²) in [7, 11) is 3.05. The van der Waals surface area contributed by atoms with Crippen LogP contribution in [0.25, 0.3) is 0 Å². The average molecular weight is 222 g/mol. The molecule has 0 aliphatic carbocycles. The van der Waals surface area contributed by atoms with Gasteiger partial charge in [0.15, 0.2) is 6.29 Å². The average Bonchev–Trinajstić information content (AvgIpc) is 2.13. The first kappa shape index (κ1) is 10.7. The minimum absolute atomic E-state index is 0.360. The molecule has 0 aliphatic heterocycles. The largest absolute Gasteiger partial charge is 0.352 e. The van der Waals surface area contributed by atoms with Gasteiger partial charge in [0.25, 0.3) is 0 Å². The second kappa shape index (κ2) is 4.77. The van der Waals surface area contributed by atoms with Crippen LogP contribution in [0.2, 0.25) is 10.2 Å². The van der Waals surface area contributed by atoms with Gasteiger partial charge in [-0.25, -0.2) is 4.98 Å². The third kappa shape index (κ3) is 2.54. The second-order valence-electron chi connectivity index (χ2n) is 2.33. The van der Waals surface area contributed by atoms with Crippen molar-refractivity contribution in [1.29, 1.82) is 0 Å². The Morgan fingerprint density at radius 2 is 1.92 bits per heavy atom. The van der Waals surface area contributed by atoms with Crippen LogP contribution in [0.3, 0.4) is 0 Å². The van der Waals surface area contributed by atoms with Crippen LogP contribution in [-0.2, 0) is 9.47 Å². The molecule has 1 aromatic heterocycles. The van der Waals surface area contributed by atoms with Crippen LogP contribution in [0.15, 0.2) is 12.3 Å². The number of rotatable bonds is 3. The molecule has 0 unspecified atom stereocenters. The lowest BCUT2D eigenvalue weighted by atomic mass is 10.2. The molecule has 72 valence electrons. The predicted octanol–water partition coefficient (Wildman–Crippen LogP) is 2.68. The van der Waals surface area contributed by atoms with Crippen molar-refractivity contribution in [2.45, 2.75) is 6.29 Å². The third-order valence-corrected chi connectivity index (χ3v) is 2.06. The van der Waals surface area contributed by atoms with E-state index >= 15 is 0 Å². The summed E-state index contributed by atoms with van der Waals surface area (Å²) in [5, 5.41) is 0.830. The highest BCUT2D eigenvalue weighted by atomic mass is 35.5. The van der Waals surface area contributed by atoms with Crippen LogP contribution in [-0.4, -0.2) is 19.2 Å². The van der Waals surface area contributed by atoms with Crippen molar-refractivity contribution in [3.05, 3.63) is 28.0 Å². The molecule has 0 aromatic carbocycles. The van der Waals surface area contributed by atoms with Crippen LogP contribution in [0.5, 0.6) is 0 Å². The van der Waals surface area contributed by atoms with E-state index < -0.39 is 6.29 Å². The summed E-state index contributed by atoms with van der Waals surface area (Å²) in [6.07, 6.45) is 0.956. The number of pyridine rings is 1. The van der Waals surface area contributed by atoms with Gasteiger partial charge in [-0.3, -0.25) is 0 Å². The van der Waals surface area contributed by atoms with Crippen LogP contribution < -0.4 is 0 Å². The summed E-state index contributed by atoms with van der Waals surface area (Å²) < 4.78 is 10.1. The minimum Gasteiger partial charge on any atom is -0.352 e. The molecule has 5 heteroatoms. The standard InChI is InChI=1S/C8H9Cl2NO2/c1-12-8(13-2)5-3-7(10)11-4-6(5)9/h3-4,8H,1-2H3. The molecule has 0 N–H and O–H groups in total. The molecule has 0 saturated carbocycles. The lowest BCUT2D eigenvalue weighted by Gasteiger charge is -2.14. The van der Waals surface area contributed by atoms with E-state index in [0.29, 0.717) is 15.7 Å². The maximum absolute atomic E-state index is 5.87. The summed E-state index contributed by atoms with van der Waals surface area (Å²) in [6, 6.07) is 1.61. The van der Waals surface area contributed by atoms with E-state index in [0.717, 1.165) is 0 Å². The van der Waals surface area contributed by atoms with Gasteiger partial charge in [0.1, 0.15) is 5.15 Å². The van der Waals surface area contributed by atoms with E-state index in [1.54, 1.807) is 6.07 Å². The monoisotopic (exact) mass is 221 g/mol. The van der Waals surface area contributed by atoms with E-state index in [9.17, 15) is 0 Å². The number of hydrogen-bond donors (Lipinski definition) is 0. The first-order valence-corrected chi connectivity index (χ1v) is 4.31. The molecule has 0 aliphatic rings. The van der Waals surface area contributed by atoms with Crippen LogP contribution in [0, 0.1) is 0 Å². The SMILES string of the molecule is COC(OC)c1cc(Cl)ncc1Cl. The third-order valence-electron chi connectivity index (χ3n) is 1.53. The quantitative estimate of drug-likeness (QED) is 0.581. The zero-order valence-corrected chi connectivity index (χ0v) is 8.76. The summed E-state index contributed by atoms with van der Waals surface area (Å²) >= 11 is 11.6. The lowest BCUT2D eigenvalue weighted by Crippen LogP contribution is -2.04. The Morgan fingerprint density at radius 3 is 2.46 bits per heavy atom. The number of hydrogen-bond acceptors (Lipinski definition) is 3. The van der Waals surface area contributed by atoms with E-state index in [2.05, 4.69) is 4.98 Å². The maximum atomic E-state index is 5.87. The van der Waals surface area contributed by atoms with Crippen LogP contribution >= 0.6 is 23.2 Å². The molecule has 1 rings (SSSR count). The highest BCUT2D eigenvalue weighted by molar-refractivity contribution is 6.32. The maximum Gasteiger partial charge on any atom is 0.184 e. The number of nitrogens with zero attached hydrogens (tertiary/aromatic N) is 1. The Morgan fingerprint density at radius 1 is 1.31 bits per heavy atom. The molecule has 0 atom stereocenters. The van der Waals surface area contributed by atoms with Crippen molar-refractivity contribution < 1.29 is 9.47 Å². The van der Waals surface area contributed by atoms with Crippen LogP contribution in [0.1, 0.15) is 11.9 Å². The van der Waals surface area contributed by atoms with Crippen LogP contribution in [0.4, 0.5) is 0 Å². The zero-order chi connectivity index (χ0) is 9.84. The summed E-state index contributed by atoms with van der Waals surface area (Å²) in [6.45, 7) is 0. The lowest BCUT2D eigenvalue weighted by molar-refractivity contribution is -0.105. The van der Waals surface area contributed by atoms with Crippen molar-refractivity contribution in [3.63, 3.8) is 0 Å². The van der Waals surface area contributed by atoms with Crippen molar-refractivity contribution in [3.8, 4) is 0 Å². The Kier molecular flexibility index (Phi) is 3.93. The number of methoxy groups -OCH3 is 2. The normalized spacial score (nSPS) is 10.8. The highest BCUT2D eigenvalue weighted by Gasteiger charge is 2.13. The fourth-order valence-electron chi connectivity index (χ4n) is 0.958. The van der Waals surface area contributed by atoms with Gasteiger partial charge in [0.05, 0.1) is 5.02 Å². The van der Waals surface area contributed by atoms with Gasteiger partial charge in [-0.1, -0.05) is 23.2 Å². The molecule has 0 amide bonds. The van der Waals surface area contributed by atoms with Crippen molar-refractivity contribution in [2.75, 3.05) is 14.2 Å². The van der Waals surface area contributed by atoms with Crippen molar-refractivity contribution in [1.82, 2.24) is 4.98 Å². The van der Waals surface area contributed by atoms with Gasteiger partial charge in [-0.15, -0.1) is 0 Å². The smallest absolute Gasteiger partial charge is 0.184 e. The Labute approximate surface area is 86.6 Å². The molecule has 0 bridgehead atoms. The van der Waals surface area contributed by atoms with Gasteiger partial charge >= 0.3 is 0 Å². The van der Waals surface area contributed by atoms with Gasteiger partial charge in [-0.2, -0.15) is 0 Å². The summed E-state index contributed by atoms with van der Waals surface area (Å²) in [4.78, 5) is 3.81. The Balaban J connectivity index is 3.03.